The molecule has 1 amide bonds. The van der Waals surface area contributed by atoms with E-state index in [0.29, 0.717) is 5.56 Å². The van der Waals surface area contributed by atoms with Crippen LogP contribution < -0.4 is 5.32 Å². The van der Waals surface area contributed by atoms with Crippen molar-refractivity contribution in [2.24, 2.45) is 0 Å². The second kappa shape index (κ2) is 7.54. The van der Waals surface area contributed by atoms with E-state index in [9.17, 15) is 14.9 Å². The van der Waals surface area contributed by atoms with Gasteiger partial charge in [0.25, 0.3) is 11.6 Å². The van der Waals surface area contributed by atoms with Crippen LogP contribution in [0.3, 0.4) is 0 Å². The smallest absolute Gasteiger partial charge is 0.284 e. The van der Waals surface area contributed by atoms with Gasteiger partial charge in [0.1, 0.15) is 4.47 Å². The van der Waals surface area contributed by atoms with Crippen LogP contribution in [0.25, 0.3) is 0 Å². The molecule has 1 N–H and O–H groups in total. The van der Waals surface area contributed by atoms with Gasteiger partial charge in [-0.3, -0.25) is 14.9 Å². The maximum atomic E-state index is 12.3. The Morgan fingerprint density at radius 1 is 1.19 bits per heavy atom. The van der Waals surface area contributed by atoms with E-state index in [0.717, 1.165) is 25.7 Å². The molecule has 1 aliphatic carbocycles. The minimum Gasteiger partial charge on any atom is -0.349 e. The average molecular weight is 355 g/mol. The molecule has 0 bridgehead atoms. The van der Waals surface area contributed by atoms with Crippen molar-refractivity contribution in [1.29, 1.82) is 0 Å². The summed E-state index contributed by atoms with van der Waals surface area (Å²) in [7, 11) is 0. The van der Waals surface area contributed by atoms with E-state index in [4.69, 9.17) is 0 Å². The standard InChI is InChI=1S/C15H19BrN2O3/c16-14-12(9-6-10-13(14)18(20)21)15(19)17-11-7-4-2-1-3-5-8-11/h6,9-11H,1-5,7-8H2,(H,17,19). The minimum atomic E-state index is -0.489. The Labute approximate surface area is 132 Å². The van der Waals surface area contributed by atoms with Crippen LogP contribution in [0.4, 0.5) is 5.69 Å². The van der Waals surface area contributed by atoms with Crippen molar-refractivity contribution in [3.63, 3.8) is 0 Å². The number of nitro groups is 1. The predicted octanol–water partition coefficient (Wildman–Crippen LogP) is 4.20. The number of nitrogens with one attached hydrogen (secondary N) is 1. The quantitative estimate of drug-likeness (QED) is 0.652. The molecule has 0 saturated heterocycles. The van der Waals surface area contributed by atoms with Gasteiger partial charge in [-0.2, -0.15) is 0 Å². The summed E-state index contributed by atoms with van der Waals surface area (Å²) in [6.45, 7) is 0. The molecule has 5 nitrogen and oxygen atoms in total. The van der Waals surface area contributed by atoms with Crippen molar-refractivity contribution < 1.29 is 9.72 Å². The van der Waals surface area contributed by atoms with Crippen molar-refractivity contribution in [1.82, 2.24) is 5.32 Å². The fraction of sp³-hybridized carbons (Fsp3) is 0.533. The van der Waals surface area contributed by atoms with Crippen molar-refractivity contribution in [2.75, 3.05) is 0 Å². The topological polar surface area (TPSA) is 72.2 Å². The Kier molecular flexibility index (Phi) is 5.73. The third-order valence-corrected chi connectivity index (χ3v) is 4.69. The van der Waals surface area contributed by atoms with E-state index in [1.165, 1.54) is 31.4 Å². The second-order valence-electron chi connectivity index (χ2n) is 5.41. The highest BCUT2D eigenvalue weighted by Gasteiger charge is 2.21. The van der Waals surface area contributed by atoms with E-state index < -0.39 is 4.92 Å². The number of carbonyl (C=O) groups excluding carboxylic acids is 1. The molecule has 1 aliphatic rings. The first-order valence-corrected chi connectivity index (χ1v) is 8.12. The van der Waals surface area contributed by atoms with Gasteiger partial charge in [-0.25, -0.2) is 0 Å². The summed E-state index contributed by atoms with van der Waals surface area (Å²) in [4.78, 5) is 22.8. The van der Waals surface area contributed by atoms with Crippen LogP contribution >= 0.6 is 15.9 Å². The number of hydrogen-bond donors (Lipinski definition) is 1. The number of amides is 1. The maximum Gasteiger partial charge on any atom is 0.284 e. The van der Waals surface area contributed by atoms with E-state index in [2.05, 4.69) is 21.2 Å². The minimum absolute atomic E-state index is 0.0830. The molecule has 21 heavy (non-hydrogen) atoms. The van der Waals surface area contributed by atoms with Crippen LogP contribution in [-0.4, -0.2) is 16.9 Å². The second-order valence-corrected chi connectivity index (χ2v) is 6.20. The fourth-order valence-electron chi connectivity index (χ4n) is 2.70. The zero-order valence-corrected chi connectivity index (χ0v) is 13.4. The van der Waals surface area contributed by atoms with Gasteiger partial charge in [-0.05, 0) is 34.8 Å². The van der Waals surface area contributed by atoms with Gasteiger partial charge >= 0.3 is 0 Å². The fourth-order valence-corrected chi connectivity index (χ4v) is 3.29. The zero-order valence-electron chi connectivity index (χ0n) is 11.8. The summed E-state index contributed by atoms with van der Waals surface area (Å²) in [5, 5.41) is 13.9. The molecule has 114 valence electrons. The Bertz CT molecular complexity index is 526. The summed E-state index contributed by atoms with van der Waals surface area (Å²) in [5.41, 5.74) is 0.242. The summed E-state index contributed by atoms with van der Waals surface area (Å²) < 4.78 is 0.248. The Balaban J connectivity index is 2.09. The molecule has 2 rings (SSSR count). The van der Waals surface area contributed by atoms with Gasteiger partial charge in [0, 0.05) is 12.1 Å². The number of nitro benzene ring substituents is 1. The molecular formula is C15H19BrN2O3. The highest BCUT2D eigenvalue weighted by Crippen LogP contribution is 2.28. The number of halogens is 1. The number of nitrogens with zero attached hydrogens (tertiary/aromatic N) is 1. The zero-order chi connectivity index (χ0) is 15.2. The normalized spacial score (nSPS) is 16.8. The average Bonchev–Trinajstić information content (AvgIpc) is 2.41. The first-order valence-electron chi connectivity index (χ1n) is 7.33. The van der Waals surface area contributed by atoms with Gasteiger partial charge in [0.05, 0.1) is 10.5 Å². The van der Waals surface area contributed by atoms with E-state index in [1.807, 2.05) is 0 Å². The summed E-state index contributed by atoms with van der Waals surface area (Å²) in [6, 6.07) is 4.70. The monoisotopic (exact) mass is 354 g/mol. The van der Waals surface area contributed by atoms with Crippen LogP contribution in [0, 0.1) is 10.1 Å². The Morgan fingerprint density at radius 3 is 2.43 bits per heavy atom. The van der Waals surface area contributed by atoms with Gasteiger partial charge in [-0.1, -0.05) is 38.2 Å². The molecular weight excluding hydrogens is 336 g/mol. The largest absolute Gasteiger partial charge is 0.349 e. The third-order valence-electron chi connectivity index (χ3n) is 3.86. The van der Waals surface area contributed by atoms with Crippen molar-refractivity contribution in [3.8, 4) is 0 Å². The van der Waals surface area contributed by atoms with Crippen LogP contribution in [0.5, 0.6) is 0 Å². The van der Waals surface area contributed by atoms with E-state index in [1.54, 1.807) is 6.07 Å². The third kappa shape index (κ3) is 4.27. The molecule has 1 aromatic rings. The first kappa shape index (κ1) is 15.9. The highest BCUT2D eigenvalue weighted by atomic mass is 79.9. The number of rotatable bonds is 3. The van der Waals surface area contributed by atoms with E-state index >= 15 is 0 Å². The molecule has 0 radical (unpaired) electrons. The molecule has 0 aromatic heterocycles. The summed E-state index contributed by atoms with van der Waals surface area (Å²) in [6.07, 6.45) is 7.93. The van der Waals surface area contributed by atoms with E-state index in [-0.39, 0.29) is 22.1 Å². The predicted molar refractivity (Wildman–Crippen MR) is 84.4 cm³/mol. The maximum absolute atomic E-state index is 12.3. The number of benzene rings is 1. The molecule has 0 atom stereocenters. The van der Waals surface area contributed by atoms with Gasteiger partial charge in [-0.15, -0.1) is 0 Å². The molecule has 0 aliphatic heterocycles. The summed E-state index contributed by atoms with van der Waals surface area (Å²) in [5.74, 6) is -0.240. The molecule has 0 spiro atoms. The molecule has 1 fully saturated rings. The molecule has 6 heteroatoms. The lowest BCUT2D eigenvalue weighted by atomic mass is 9.96. The van der Waals surface area contributed by atoms with Crippen LogP contribution in [0.1, 0.15) is 55.3 Å². The summed E-state index contributed by atoms with van der Waals surface area (Å²) >= 11 is 3.17. The van der Waals surface area contributed by atoms with Crippen LogP contribution in [0.2, 0.25) is 0 Å². The van der Waals surface area contributed by atoms with Crippen molar-refractivity contribution >= 4 is 27.5 Å². The number of carbonyl (C=O) groups is 1. The van der Waals surface area contributed by atoms with Gasteiger partial charge in [0.15, 0.2) is 0 Å². The molecule has 0 heterocycles. The van der Waals surface area contributed by atoms with Crippen molar-refractivity contribution in [3.05, 3.63) is 38.3 Å². The van der Waals surface area contributed by atoms with Crippen LogP contribution in [0.15, 0.2) is 22.7 Å². The van der Waals surface area contributed by atoms with Crippen molar-refractivity contribution in [2.45, 2.75) is 51.0 Å². The van der Waals surface area contributed by atoms with Gasteiger partial charge in [0.2, 0.25) is 0 Å². The molecule has 0 unspecified atom stereocenters. The van der Waals surface area contributed by atoms with Crippen LogP contribution in [-0.2, 0) is 0 Å². The Morgan fingerprint density at radius 2 is 1.81 bits per heavy atom. The van der Waals surface area contributed by atoms with Gasteiger partial charge < -0.3 is 5.32 Å². The lowest BCUT2D eigenvalue weighted by Gasteiger charge is -2.21. The Hall–Kier alpha value is -1.43. The SMILES string of the molecule is O=C(NC1CCCCCCC1)c1cccc([N+](=O)[O-])c1Br. The lowest BCUT2D eigenvalue weighted by molar-refractivity contribution is -0.385. The molecule has 1 saturated carbocycles. The first-order chi connectivity index (χ1) is 10.1. The number of hydrogen-bond acceptors (Lipinski definition) is 3. The highest BCUT2D eigenvalue weighted by molar-refractivity contribution is 9.10. The molecule has 1 aromatic carbocycles. The lowest BCUT2D eigenvalue weighted by Crippen LogP contribution is -2.35.